The number of sulfone groups is 1. The number of carbonyl (C=O) groups is 3. The molecule has 11 heteroatoms. The van der Waals surface area contributed by atoms with Crippen molar-refractivity contribution in [3.63, 3.8) is 0 Å². The van der Waals surface area contributed by atoms with Crippen LogP contribution in [0.3, 0.4) is 0 Å². The zero-order chi connectivity index (χ0) is 32.7. The van der Waals surface area contributed by atoms with E-state index in [-0.39, 0.29) is 24.3 Å². The van der Waals surface area contributed by atoms with Crippen molar-refractivity contribution in [3.8, 4) is 0 Å². The standard InChI is InChI=1S/C33H47N3O7S/c1-21(2)25(18-23-14-10-8-11-15-23)34-28(37)20-27-29(43-27)26(19-24-16-12-9-13-17-24)35-31(38)30(33(5,6)44(7,40)41)36-32(39)42-22(3)4/h8-17,21-22,25-27,29-30H,18-20H2,1-7H3,(H,34,37)(H,35,38)(H,36,39)/t25?,26?,27-,29+,30?/m0/s1. The summed E-state index contributed by atoms with van der Waals surface area (Å²) >= 11 is 0. The van der Waals surface area contributed by atoms with Crippen LogP contribution in [-0.2, 0) is 41.7 Å². The lowest BCUT2D eigenvalue weighted by atomic mass is 9.95. The van der Waals surface area contributed by atoms with Gasteiger partial charge in [-0.3, -0.25) is 9.59 Å². The molecule has 3 unspecified atom stereocenters. The molecule has 3 amide bonds. The molecule has 10 nitrogen and oxygen atoms in total. The molecule has 0 aromatic heterocycles. The van der Waals surface area contributed by atoms with E-state index in [2.05, 4.69) is 29.8 Å². The van der Waals surface area contributed by atoms with Crippen LogP contribution in [0.1, 0.15) is 59.1 Å². The fourth-order valence-electron chi connectivity index (χ4n) is 4.96. The third-order valence-corrected chi connectivity index (χ3v) is 10.1. The molecule has 1 fully saturated rings. The largest absolute Gasteiger partial charge is 0.447 e. The second kappa shape index (κ2) is 15.0. The van der Waals surface area contributed by atoms with Gasteiger partial charge in [-0.25, -0.2) is 13.2 Å². The molecule has 2 aromatic rings. The van der Waals surface area contributed by atoms with Crippen molar-refractivity contribution in [3.05, 3.63) is 71.8 Å². The van der Waals surface area contributed by atoms with Crippen LogP contribution in [-0.4, -0.2) is 73.8 Å². The minimum absolute atomic E-state index is 0.0578. The summed E-state index contributed by atoms with van der Waals surface area (Å²) in [5.74, 6) is -0.625. The molecular formula is C33H47N3O7S. The molecule has 1 aliphatic heterocycles. The molecule has 1 aliphatic rings. The minimum Gasteiger partial charge on any atom is -0.447 e. The Morgan fingerprint density at radius 1 is 0.864 bits per heavy atom. The maximum Gasteiger partial charge on any atom is 0.408 e. The lowest BCUT2D eigenvalue weighted by Gasteiger charge is -2.33. The first-order chi connectivity index (χ1) is 20.6. The normalized spacial score (nSPS) is 18.7. The topological polar surface area (TPSA) is 143 Å². The Labute approximate surface area is 261 Å². The second-order valence-corrected chi connectivity index (χ2v) is 15.3. The summed E-state index contributed by atoms with van der Waals surface area (Å²) in [6.45, 7) is 10.2. The van der Waals surface area contributed by atoms with Crippen LogP contribution in [0.15, 0.2) is 60.7 Å². The SMILES string of the molecule is CC(C)OC(=O)NC(C(=O)NC(Cc1ccccc1)[C@H]1O[C@H]1CC(=O)NC(Cc1ccccc1)C(C)C)C(C)(C)S(C)(=O)=O. The number of alkyl carbamates (subject to hydrolysis) is 1. The van der Waals surface area contributed by atoms with Crippen LogP contribution in [0.25, 0.3) is 0 Å². The van der Waals surface area contributed by atoms with Gasteiger partial charge in [0, 0.05) is 12.3 Å². The molecule has 0 saturated carbocycles. The molecule has 5 atom stereocenters. The smallest absolute Gasteiger partial charge is 0.408 e. The number of hydrogen-bond acceptors (Lipinski definition) is 7. The van der Waals surface area contributed by atoms with Crippen molar-refractivity contribution in [2.75, 3.05) is 6.26 Å². The van der Waals surface area contributed by atoms with Crippen LogP contribution in [0, 0.1) is 5.92 Å². The van der Waals surface area contributed by atoms with Gasteiger partial charge in [-0.2, -0.15) is 0 Å². The maximum atomic E-state index is 13.7. The van der Waals surface area contributed by atoms with Crippen LogP contribution in [0.5, 0.6) is 0 Å². The molecular weight excluding hydrogens is 582 g/mol. The molecule has 0 radical (unpaired) electrons. The Balaban J connectivity index is 1.75. The van der Waals surface area contributed by atoms with Crippen LogP contribution in [0.2, 0.25) is 0 Å². The van der Waals surface area contributed by atoms with Crippen molar-refractivity contribution in [1.29, 1.82) is 0 Å². The lowest BCUT2D eigenvalue weighted by Crippen LogP contribution is -2.62. The fraction of sp³-hybridized carbons (Fsp3) is 0.545. The van der Waals surface area contributed by atoms with Gasteiger partial charge in [-0.15, -0.1) is 0 Å². The van der Waals surface area contributed by atoms with E-state index in [1.807, 2.05) is 60.7 Å². The van der Waals surface area contributed by atoms with E-state index < -0.39 is 57.0 Å². The zero-order valence-corrected chi connectivity index (χ0v) is 27.5. The van der Waals surface area contributed by atoms with Crippen LogP contribution < -0.4 is 16.0 Å². The second-order valence-electron chi connectivity index (χ2n) is 12.7. The molecule has 0 bridgehead atoms. The van der Waals surface area contributed by atoms with Gasteiger partial charge in [-0.05, 0) is 57.6 Å². The summed E-state index contributed by atoms with van der Waals surface area (Å²) in [5.41, 5.74) is 2.06. The van der Waals surface area contributed by atoms with Crippen molar-refractivity contribution >= 4 is 27.7 Å². The van der Waals surface area contributed by atoms with Gasteiger partial charge in [0.05, 0.1) is 29.4 Å². The number of ether oxygens (including phenoxy) is 2. The van der Waals surface area contributed by atoms with Crippen molar-refractivity contribution in [2.24, 2.45) is 5.92 Å². The summed E-state index contributed by atoms with van der Waals surface area (Å²) in [6.07, 6.45) is -0.0816. The third kappa shape index (κ3) is 10.1. The minimum atomic E-state index is -3.80. The van der Waals surface area contributed by atoms with E-state index in [1.165, 1.54) is 13.8 Å². The van der Waals surface area contributed by atoms with E-state index >= 15 is 0 Å². The highest BCUT2D eigenvalue weighted by atomic mass is 32.2. The average molecular weight is 630 g/mol. The lowest BCUT2D eigenvalue weighted by molar-refractivity contribution is -0.124. The third-order valence-electron chi connectivity index (χ3n) is 8.00. The Morgan fingerprint density at radius 3 is 1.91 bits per heavy atom. The molecule has 2 aromatic carbocycles. The number of nitrogens with one attached hydrogen (secondary N) is 3. The first-order valence-electron chi connectivity index (χ1n) is 15.1. The van der Waals surface area contributed by atoms with Crippen molar-refractivity contribution in [2.45, 2.75) is 102 Å². The summed E-state index contributed by atoms with van der Waals surface area (Å²) in [5, 5.41) is 8.53. The summed E-state index contributed by atoms with van der Waals surface area (Å²) in [7, 11) is -3.80. The van der Waals surface area contributed by atoms with Gasteiger partial charge in [0.2, 0.25) is 11.8 Å². The number of epoxide rings is 1. The van der Waals surface area contributed by atoms with Gasteiger partial charge in [0.1, 0.15) is 12.1 Å². The van der Waals surface area contributed by atoms with E-state index in [0.717, 1.165) is 17.4 Å². The Bertz CT molecular complexity index is 1360. The molecule has 1 saturated heterocycles. The van der Waals surface area contributed by atoms with Gasteiger partial charge in [-0.1, -0.05) is 74.5 Å². The monoisotopic (exact) mass is 629 g/mol. The van der Waals surface area contributed by atoms with Gasteiger partial charge in [0.25, 0.3) is 0 Å². The predicted octanol–water partition coefficient (Wildman–Crippen LogP) is 3.58. The quantitative estimate of drug-likeness (QED) is 0.256. The fourth-order valence-corrected chi connectivity index (χ4v) is 5.56. The number of amides is 3. The van der Waals surface area contributed by atoms with Crippen molar-refractivity contribution in [1.82, 2.24) is 16.0 Å². The van der Waals surface area contributed by atoms with E-state index in [9.17, 15) is 22.8 Å². The highest BCUT2D eigenvalue weighted by Crippen LogP contribution is 2.31. The summed E-state index contributed by atoms with van der Waals surface area (Å²) in [6, 6.07) is 17.3. The van der Waals surface area contributed by atoms with Crippen LogP contribution in [0.4, 0.5) is 4.79 Å². The molecule has 44 heavy (non-hydrogen) atoms. The number of carbonyl (C=O) groups excluding carboxylic acids is 3. The first-order valence-corrected chi connectivity index (χ1v) is 17.0. The molecule has 0 aliphatic carbocycles. The van der Waals surface area contributed by atoms with Gasteiger partial charge >= 0.3 is 6.09 Å². The van der Waals surface area contributed by atoms with E-state index in [4.69, 9.17) is 9.47 Å². The van der Waals surface area contributed by atoms with Gasteiger partial charge < -0.3 is 25.4 Å². The highest BCUT2D eigenvalue weighted by Gasteiger charge is 2.49. The number of rotatable bonds is 15. The van der Waals surface area contributed by atoms with Crippen LogP contribution >= 0.6 is 0 Å². The Hall–Kier alpha value is -3.44. The summed E-state index contributed by atoms with van der Waals surface area (Å²) in [4.78, 5) is 39.3. The number of hydrogen-bond donors (Lipinski definition) is 3. The molecule has 0 spiro atoms. The zero-order valence-electron chi connectivity index (χ0n) is 26.7. The first kappa shape index (κ1) is 35.0. The van der Waals surface area contributed by atoms with E-state index in [1.54, 1.807) is 13.8 Å². The Kier molecular flexibility index (Phi) is 12.0. The molecule has 3 rings (SSSR count). The maximum absolute atomic E-state index is 13.7. The molecule has 3 N–H and O–H groups in total. The average Bonchev–Trinajstić information content (AvgIpc) is 3.69. The molecule has 242 valence electrons. The molecule has 1 heterocycles. The highest BCUT2D eigenvalue weighted by molar-refractivity contribution is 7.92. The summed E-state index contributed by atoms with van der Waals surface area (Å²) < 4.78 is 34.9. The van der Waals surface area contributed by atoms with Crippen molar-refractivity contribution < 1.29 is 32.3 Å². The van der Waals surface area contributed by atoms with Gasteiger partial charge in [0.15, 0.2) is 9.84 Å². The predicted molar refractivity (Wildman–Crippen MR) is 170 cm³/mol. The van der Waals surface area contributed by atoms with E-state index in [0.29, 0.717) is 12.8 Å². The number of benzene rings is 2. The Morgan fingerprint density at radius 2 is 1.41 bits per heavy atom.